The zero-order valence-electron chi connectivity index (χ0n) is 16.5. The number of nitrogens with two attached hydrogens (primary N) is 1. The van der Waals surface area contributed by atoms with Gasteiger partial charge in [-0.15, -0.1) is 0 Å². The fourth-order valence-electron chi connectivity index (χ4n) is 4.14. The SMILES string of the molecule is CN(CC(=O)N1CCC2(CCC(=O)N(CCc3cccnc3)C2)CC1)C(N)=O. The zero-order chi connectivity index (χ0) is 20.1. The number of primary amides is 1. The van der Waals surface area contributed by atoms with Crippen LogP contribution in [0.25, 0.3) is 0 Å². The van der Waals surface area contributed by atoms with E-state index in [-0.39, 0.29) is 23.8 Å². The third-order valence-corrected chi connectivity index (χ3v) is 6.07. The van der Waals surface area contributed by atoms with E-state index in [1.165, 1.54) is 11.9 Å². The van der Waals surface area contributed by atoms with E-state index in [0.29, 0.717) is 26.1 Å². The molecular weight excluding hydrogens is 358 g/mol. The Morgan fingerprint density at radius 1 is 1.29 bits per heavy atom. The zero-order valence-corrected chi connectivity index (χ0v) is 16.5. The Morgan fingerprint density at radius 2 is 2.04 bits per heavy atom. The number of pyridine rings is 1. The second-order valence-electron chi connectivity index (χ2n) is 8.00. The summed E-state index contributed by atoms with van der Waals surface area (Å²) in [4.78, 5) is 45.0. The summed E-state index contributed by atoms with van der Waals surface area (Å²) in [5.74, 6) is 0.146. The number of carbonyl (C=O) groups is 3. The van der Waals surface area contributed by atoms with Crippen molar-refractivity contribution in [3.63, 3.8) is 0 Å². The second kappa shape index (κ2) is 8.58. The molecule has 0 radical (unpaired) electrons. The van der Waals surface area contributed by atoms with E-state index >= 15 is 0 Å². The predicted octanol–water partition coefficient (Wildman–Crippen LogP) is 0.866. The number of rotatable bonds is 5. The molecule has 8 heteroatoms. The summed E-state index contributed by atoms with van der Waals surface area (Å²) in [5.41, 5.74) is 6.42. The first-order valence-electron chi connectivity index (χ1n) is 9.84. The van der Waals surface area contributed by atoms with Crippen molar-refractivity contribution in [1.82, 2.24) is 19.7 Å². The molecule has 2 saturated heterocycles. The van der Waals surface area contributed by atoms with Gasteiger partial charge in [-0.2, -0.15) is 0 Å². The first kappa shape index (κ1) is 20.1. The molecule has 0 bridgehead atoms. The van der Waals surface area contributed by atoms with Gasteiger partial charge in [-0.25, -0.2) is 4.79 Å². The van der Waals surface area contributed by atoms with Crippen molar-refractivity contribution >= 4 is 17.8 Å². The molecule has 3 heterocycles. The summed E-state index contributed by atoms with van der Waals surface area (Å²) in [6.07, 6.45) is 7.63. The molecular formula is C20H29N5O3. The van der Waals surface area contributed by atoms with Gasteiger partial charge in [0.05, 0.1) is 0 Å². The average Bonchev–Trinajstić information content (AvgIpc) is 2.70. The van der Waals surface area contributed by atoms with Crippen LogP contribution >= 0.6 is 0 Å². The van der Waals surface area contributed by atoms with Crippen molar-refractivity contribution in [2.75, 3.05) is 39.8 Å². The Bertz CT molecular complexity index is 716. The van der Waals surface area contributed by atoms with Crippen molar-refractivity contribution in [2.45, 2.75) is 32.1 Å². The number of nitrogens with zero attached hydrogens (tertiary/aromatic N) is 4. The molecule has 28 heavy (non-hydrogen) atoms. The van der Waals surface area contributed by atoms with Gasteiger partial charge in [-0.1, -0.05) is 6.07 Å². The molecule has 152 valence electrons. The maximum Gasteiger partial charge on any atom is 0.314 e. The molecule has 3 rings (SSSR count). The molecule has 0 saturated carbocycles. The fourth-order valence-corrected chi connectivity index (χ4v) is 4.14. The van der Waals surface area contributed by atoms with Crippen molar-refractivity contribution in [1.29, 1.82) is 0 Å². The van der Waals surface area contributed by atoms with E-state index in [1.807, 2.05) is 23.2 Å². The number of likely N-dealkylation sites (N-methyl/N-ethyl adjacent to an activating group) is 1. The van der Waals surface area contributed by atoms with Crippen LogP contribution in [0.4, 0.5) is 4.79 Å². The third kappa shape index (κ3) is 4.79. The van der Waals surface area contributed by atoms with Gasteiger partial charge in [0.1, 0.15) is 6.54 Å². The molecule has 0 aliphatic carbocycles. The summed E-state index contributed by atoms with van der Waals surface area (Å²) in [5, 5.41) is 0. The summed E-state index contributed by atoms with van der Waals surface area (Å²) in [6, 6.07) is 3.35. The number of carbonyl (C=O) groups excluding carboxylic acids is 3. The maximum atomic E-state index is 12.4. The van der Waals surface area contributed by atoms with E-state index in [0.717, 1.165) is 37.8 Å². The number of amides is 4. The van der Waals surface area contributed by atoms with Crippen molar-refractivity contribution in [2.24, 2.45) is 11.1 Å². The quantitative estimate of drug-likeness (QED) is 0.810. The second-order valence-corrected chi connectivity index (χ2v) is 8.00. The monoisotopic (exact) mass is 387 g/mol. The Balaban J connectivity index is 1.53. The topological polar surface area (TPSA) is 99.8 Å². The smallest absolute Gasteiger partial charge is 0.314 e. The highest BCUT2D eigenvalue weighted by atomic mass is 16.2. The van der Waals surface area contributed by atoms with E-state index in [9.17, 15) is 14.4 Å². The molecule has 1 spiro atoms. The van der Waals surface area contributed by atoms with Gasteiger partial charge in [-0.3, -0.25) is 14.6 Å². The van der Waals surface area contributed by atoms with Gasteiger partial charge in [0.2, 0.25) is 11.8 Å². The molecule has 2 N–H and O–H groups in total. The number of likely N-dealkylation sites (tertiary alicyclic amines) is 2. The Morgan fingerprint density at radius 3 is 2.68 bits per heavy atom. The van der Waals surface area contributed by atoms with Gasteiger partial charge >= 0.3 is 6.03 Å². The molecule has 4 amide bonds. The lowest BCUT2D eigenvalue weighted by Gasteiger charge is -2.47. The first-order valence-corrected chi connectivity index (χ1v) is 9.84. The molecule has 0 unspecified atom stereocenters. The predicted molar refractivity (Wildman–Crippen MR) is 104 cm³/mol. The van der Waals surface area contributed by atoms with Crippen molar-refractivity contribution in [3.8, 4) is 0 Å². The molecule has 2 aliphatic heterocycles. The normalized spacial score (nSPS) is 19.0. The molecule has 1 aromatic heterocycles. The third-order valence-electron chi connectivity index (χ3n) is 6.07. The van der Waals surface area contributed by atoms with Crippen molar-refractivity contribution < 1.29 is 14.4 Å². The van der Waals surface area contributed by atoms with Crippen LogP contribution in [0.3, 0.4) is 0 Å². The van der Waals surface area contributed by atoms with Gasteiger partial charge in [-0.05, 0) is 42.7 Å². The highest BCUT2D eigenvalue weighted by Crippen LogP contribution is 2.40. The average molecular weight is 387 g/mol. The van der Waals surface area contributed by atoms with Crippen LogP contribution in [-0.4, -0.2) is 77.3 Å². The van der Waals surface area contributed by atoms with Crippen molar-refractivity contribution in [3.05, 3.63) is 30.1 Å². The summed E-state index contributed by atoms with van der Waals surface area (Å²) >= 11 is 0. The number of hydrogen-bond donors (Lipinski definition) is 1. The van der Waals surface area contributed by atoms with Gasteiger partial charge < -0.3 is 20.4 Å². The van der Waals surface area contributed by atoms with Crippen LogP contribution in [0.5, 0.6) is 0 Å². The minimum Gasteiger partial charge on any atom is -0.351 e. The minimum atomic E-state index is -0.600. The Labute approximate surface area is 165 Å². The van der Waals surface area contributed by atoms with Crippen LogP contribution in [0.15, 0.2) is 24.5 Å². The molecule has 1 aromatic rings. The molecule has 8 nitrogen and oxygen atoms in total. The van der Waals surface area contributed by atoms with Crippen LogP contribution in [-0.2, 0) is 16.0 Å². The fraction of sp³-hybridized carbons (Fsp3) is 0.600. The lowest BCUT2D eigenvalue weighted by Crippen LogP contribution is -2.53. The highest BCUT2D eigenvalue weighted by molar-refractivity contribution is 5.83. The van der Waals surface area contributed by atoms with Gasteiger partial charge in [0.25, 0.3) is 0 Å². The van der Waals surface area contributed by atoms with E-state index < -0.39 is 6.03 Å². The van der Waals surface area contributed by atoms with Gasteiger partial charge in [0.15, 0.2) is 0 Å². The first-order chi connectivity index (χ1) is 13.4. The number of piperidine rings is 2. The van der Waals surface area contributed by atoms with Crippen LogP contribution in [0.1, 0.15) is 31.2 Å². The lowest BCUT2D eigenvalue weighted by atomic mass is 9.72. The summed E-state index contributed by atoms with van der Waals surface area (Å²) < 4.78 is 0. The van der Waals surface area contributed by atoms with Crippen LogP contribution in [0, 0.1) is 5.41 Å². The summed E-state index contributed by atoms with van der Waals surface area (Å²) in [7, 11) is 1.53. The molecule has 2 aliphatic rings. The van der Waals surface area contributed by atoms with E-state index in [4.69, 9.17) is 5.73 Å². The largest absolute Gasteiger partial charge is 0.351 e. The molecule has 0 atom stereocenters. The lowest BCUT2D eigenvalue weighted by molar-refractivity contribution is -0.142. The van der Waals surface area contributed by atoms with E-state index in [2.05, 4.69) is 4.98 Å². The van der Waals surface area contributed by atoms with Crippen LogP contribution in [0.2, 0.25) is 0 Å². The van der Waals surface area contributed by atoms with Gasteiger partial charge in [0, 0.05) is 52.0 Å². The summed E-state index contributed by atoms with van der Waals surface area (Å²) in [6.45, 7) is 2.80. The Kier molecular flexibility index (Phi) is 6.16. The minimum absolute atomic E-state index is 0.0120. The molecule has 2 fully saturated rings. The number of urea groups is 1. The Hall–Kier alpha value is -2.64. The maximum absolute atomic E-state index is 12.4. The molecule has 0 aromatic carbocycles. The van der Waals surface area contributed by atoms with E-state index in [1.54, 1.807) is 11.1 Å². The van der Waals surface area contributed by atoms with Crippen LogP contribution < -0.4 is 5.73 Å². The standard InChI is InChI=1S/C20H29N5O3/c1-23(19(21)28)14-18(27)24-11-7-20(8-12-24)6-4-17(26)25(15-20)10-5-16-3-2-9-22-13-16/h2-3,9,13H,4-8,10-12,14-15H2,1H3,(H2,21,28). The number of hydrogen-bond acceptors (Lipinski definition) is 4. The number of aromatic nitrogens is 1. The highest BCUT2D eigenvalue weighted by Gasteiger charge is 2.41.